The summed E-state index contributed by atoms with van der Waals surface area (Å²) in [4.78, 5) is 0. The van der Waals surface area contributed by atoms with Crippen LogP contribution in [0.15, 0.2) is 47.1 Å². The molecule has 1 N–H and O–H groups in total. The molecule has 0 aliphatic heterocycles. The maximum absolute atomic E-state index is 5.93. The van der Waals surface area contributed by atoms with E-state index in [-0.39, 0.29) is 6.04 Å². The summed E-state index contributed by atoms with van der Waals surface area (Å²) < 4.78 is 11.1. The Morgan fingerprint density at radius 2 is 2.21 bits per heavy atom. The van der Waals surface area contributed by atoms with E-state index in [4.69, 9.17) is 20.8 Å². The third-order valence-corrected chi connectivity index (χ3v) is 3.00. The van der Waals surface area contributed by atoms with Crippen molar-refractivity contribution >= 4 is 11.6 Å². The number of hydrogen-bond acceptors (Lipinski definition) is 3. The van der Waals surface area contributed by atoms with Crippen LogP contribution in [0.1, 0.15) is 12.7 Å². The summed E-state index contributed by atoms with van der Waals surface area (Å²) >= 11 is 5.93. The van der Waals surface area contributed by atoms with E-state index in [1.54, 1.807) is 6.26 Å². The maximum atomic E-state index is 5.93. The Hall–Kier alpha value is -1.45. The first-order valence-electron chi connectivity index (χ1n) is 6.42. The van der Waals surface area contributed by atoms with Crippen LogP contribution in [-0.2, 0) is 6.42 Å². The zero-order chi connectivity index (χ0) is 13.5. The van der Waals surface area contributed by atoms with Crippen LogP contribution < -0.4 is 10.1 Å². The lowest BCUT2D eigenvalue weighted by Gasteiger charge is -2.17. The zero-order valence-corrected chi connectivity index (χ0v) is 11.7. The van der Waals surface area contributed by atoms with Crippen molar-refractivity contribution < 1.29 is 9.15 Å². The van der Waals surface area contributed by atoms with Gasteiger partial charge in [-0.3, -0.25) is 0 Å². The van der Waals surface area contributed by atoms with Gasteiger partial charge in [0.25, 0.3) is 0 Å². The van der Waals surface area contributed by atoms with E-state index in [0.29, 0.717) is 11.6 Å². The minimum atomic E-state index is 0.218. The van der Waals surface area contributed by atoms with Crippen molar-refractivity contribution in [3.63, 3.8) is 0 Å². The minimum Gasteiger partial charge on any atom is -0.492 e. The van der Waals surface area contributed by atoms with Crippen molar-refractivity contribution in [1.29, 1.82) is 0 Å². The quantitative estimate of drug-likeness (QED) is 0.842. The molecule has 1 aromatic carbocycles. The first-order chi connectivity index (χ1) is 9.28. The van der Waals surface area contributed by atoms with Crippen molar-refractivity contribution in [3.8, 4) is 5.75 Å². The van der Waals surface area contributed by atoms with E-state index in [9.17, 15) is 0 Å². The molecule has 0 aliphatic carbocycles. The molecule has 0 saturated heterocycles. The monoisotopic (exact) mass is 279 g/mol. The average molecular weight is 280 g/mol. The second-order valence-corrected chi connectivity index (χ2v) is 4.74. The number of ether oxygens (including phenoxy) is 1. The molecule has 0 radical (unpaired) electrons. The molecule has 1 heterocycles. The summed E-state index contributed by atoms with van der Waals surface area (Å²) in [5.74, 6) is 1.75. The number of nitrogens with one attached hydrogen (secondary N) is 1. The smallest absolute Gasteiger partial charge is 0.120 e. The zero-order valence-electron chi connectivity index (χ0n) is 10.9. The highest BCUT2D eigenvalue weighted by Crippen LogP contribution is 2.17. The van der Waals surface area contributed by atoms with Crippen molar-refractivity contribution in [2.24, 2.45) is 0 Å². The van der Waals surface area contributed by atoms with Gasteiger partial charge in [-0.05, 0) is 36.9 Å². The molecule has 2 aromatic rings. The molecule has 0 spiro atoms. The van der Waals surface area contributed by atoms with Gasteiger partial charge in [0, 0.05) is 17.5 Å². The van der Waals surface area contributed by atoms with Crippen molar-refractivity contribution in [3.05, 3.63) is 53.4 Å². The summed E-state index contributed by atoms with van der Waals surface area (Å²) in [7, 11) is 0. The van der Waals surface area contributed by atoms with E-state index in [1.807, 2.05) is 36.4 Å². The van der Waals surface area contributed by atoms with Gasteiger partial charge in [-0.25, -0.2) is 0 Å². The summed E-state index contributed by atoms with van der Waals surface area (Å²) in [6.45, 7) is 3.55. The Kier molecular flexibility index (Phi) is 5.31. The fourth-order valence-corrected chi connectivity index (χ4v) is 2.08. The van der Waals surface area contributed by atoms with Crippen molar-refractivity contribution in [2.45, 2.75) is 19.4 Å². The molecule has 1 aromatic heterocycles. The third kappa shape index (κ3) is 4.62. The molecule has 0 amide bonds. The SMILES string of the molecule is CCNC(COc1cccc(Cl)c1)Cc1ccco1. The molecule has 0 bridgehead atoms. The first kappa shape index (κ1) is 14.0. The number of benzene rings is 1. The van der Waals surface area contributed by atoms with Gasteiger partial charge in [-0.1, -0.05) is 24.6 Å². The highest BCUT2D eigenvalue weighted by atomic mass is 35.5. The third-order valence-electron chi connectivity index (χ3n) is 2.77. The largest absolute Gasteiger partial charge is 0.492 e. The molecular formula is C15H18ClNO2. The summed E-state index contributed by atoms with van der Waals surface area (Å²) in [5.41, 5.74) is 0. The second-order valence-electron chi connectivity index (χ2n) is 4.31. The van der Waals surface area contributed by atoms with Gasteiger partial charge in [-0.15, -0.1) is 0 Å². The molecule has 4 heteroatoms. The molecule has 1 unspecified atom stereocenters. The van der Waals surface area contributed by atoms with Crippen LogP contribution in [0.25, 0.3) is 0 Å². The van der Waals surface area contributed by atoms with Crippen LogP contribution in [0, 0.1) is 0 Å². The maximum Gasteiger partial charge on any atom is 0.120 e. The number of halogens is 1. The standard InChI is InChI=1S/C15H18ClNO2/c1-2-17-13(10-15-7-4-8-18-15)11-19-14-6-3-5-12(16)9-14/h3-9,13,17H,2,10-11H2,1H3. The van der Waals surface area contributed by atoms with Crippen molar-refractivity contribution in [1.82, 2.24) is 5.32 Å². The lowest BCUT2D eigenvalue weighted by molar-refractivity contribution is 0.258. The van der Waals surface area contributed by atoms with E-state index in [0.717, 1.165) is 24.5 Å². The summed E-state index contributed by atoms with van der Waals surface area (Å²) in [5, 5.41) is 4.07. The van der Waals surface area contributed by atoms with Gasteiger partial charge < -0.3 is 14.5 Å². The van der Waals surface area contributed by atoms with Crippen LogP contribution in [0.3, 0.4) is 0 Å². The first-order valence-corrected chi connectivity index (χ1v) is 6.80. The predicted molar refractivity (Wildman–Crippen MR) is 76.8 cm³/mol. The summed E-state index contributed by atoms with van der Waals surface area (Å²) in [6.07, 6.45) is 2.50. The molecule has 0 aliphatic rings. The molecular weight excluding hydrogens is 262 g/mol. The van der Waals surface area contributed by atoms with Crippen LogP contribution in [-0.4, -0.2) is 19.2 Å². The minimum absolute atomic E-state index is 0.218. The topological polar surface area (TPSA) is 34.4 Å². The van der Waals surface area contributed by atoms with Gasteiger partial charge in [0.1, 0.15) is 18.1 Å². The Labute approximate surface area is 118 Å². The fraction of sp³-hybridized carbons (Fsp3) is 0.333. The van der Waals surface area contributed by atoms with Crippen molar-refractivity contribution in [2.75, 3.05) is 13.2 Å². The van der Waals surface area contributed by atoms with Gasteiger partial charge in [-0.2, -0.15) is 0 Å². The van der Waals surface area contributed by atoms with Crippen LogP contribution in [0.4, 0.5) is 0 Å². The number of hydrogen-bond donors (Lipinski definition) is 1. The Balaban J connectivity index is 1.89. The molecule has 102 valence electrons. The van der Waals surface area contributed by atoms with Gasteiger partial charge >= 0.3 is 0 Å². The Bertz CT molecular complexity index is 485. The second kappa shape index (κ2) is 7.22. The van der Waals surface area contributed by atoms with E-state index < -0.39 is 0 Å². The number of furan rings is 1. The van der Waals surface area contributed by atoms with Gasteiger partial charge in [0.2, 0.25) is 0 Å². The normalized spacial score (nSPS) is 12.3. The molecule has 0 fully saturated rings. The lowest BCUT2D eigenvalue weighted by Crippen LogP contribution is -2.36. The predicted octanol–water partition coefficient (Wildman–Crippen LogP) is 3.53. The Morgan fingerprint density at radius 1 is 1.32 bits per heavy atom. The average Bonchev–Trinajstić information content (AvgIpc) is 2.89. The van der Waals surface area contributed by atoms with E-state index >= 15 is 0 Å². The lowest BCUT2D eigenvalue weighted by atomic mass is 10.2. The molecule has 1 atom stereocenters. The van der Waals surface area contributed by atoms with Crippen LogP contribution in [0.5, 0.6) is 5.75 Å². The molecule has 0 saturated carbocycles. The number of rotatable bonds is 7. The molecule has 2 rings (SSSR count). The molecule has 3 nitrogen and oxygen atoms in total. The van der Waals surface area contributed by atoms with E-state index in [2.05, 4.69) is 12.2 Å². The van der Waals surface area contributed by atoms with Crippen LogP contribution >= 0.6 is 11.6 Å². The Morgan fingerprint density at radius 3 is 2.89 bits per heavy atom. The van der Waals surface area contributed by atoms with Gasteiger partial charge in [0.05, 0.1) is 6.26 Å². The number of likely N-dealkylation sites (N-methyl/N-ethyl adjacent to an activating group) is 1. The fourth-order valence-electron chi connectivity index (χ4n) is 1.90. The highest BCUT2D eigenvalue weighted by Gasteiger charge is 2.11. The van der Waals surface area contributed by atoms with Gasteiger partial charge in [0.15, 0.2) is 0 Å². The highest BCUT2D eigenvalue weighted by molar-refractivity contribution is 6.30. The molecule has 19 heavy (non-hydrogen) atoms. The van der Waals surface area contributed by atoms with E-state index in [1.165, 1.54) is 0 Å². The van der Waals surface area contributed by atoms with Crippen LogP contribution in [0.2, 0.25) is 5.02 Å². The summed E-state index contributed by atoms with van der Waals surface area (Å²) in [6, 6.07) is 11.5.